The van der Waals surface area contributed by atoms with Crippen LogP contribution in [-0.2, 0) is 19.1 Å². The average molecular weight is 467 g/mol. The Morgan fingerprint density at radius 3 is 2.26 bits per heavy atom. The summed E-state index contributed by atoms with van der Waals surface area (Å²) in [6, 6.07) is 15.1. The number of carbonyl (C=O) groups excluding carboxylic acids is 2. The number of methoxy groups -OCH3 is 1. The number of carboxylic acids is 1. The van der Waals surface area contributed by atoms with Gasteiger partial charge in [-0.1, -0.05) is 48.5 Å². The van der Waals surface area contributed by atoms with Crippen LogP contribution in [-0.4, -0.2) is 55.5 Å². The fourth-order valence-corrected chi connectivity index (χ4v) is 4.93. The lowest BCUT2D eigenvalue weighted by molar-refractivity contribution is -0.141. The van der Waals surface area contributed by atoms with Crippen LogP contribution < -0.4 is 10.6 Å². The van der Waals surface area contributed by atoms with Crippen molar-refractivity contribution in [3.63, 3.8) is 0 Å². The second-order valence-corrected chi connectivity index (χ2v) is 8.86. The van der Waals surface area contributed by atoms with E-state index in [2.05, 4.69) is 22.8 Å². The maximum atomic E-state index is 12.8. The molecule has 2 aliphatic carbocycles. The van der Waals surface area contributed by atoms with Crippen LogP contribution in [0.3, 0.4) is 0 Å². The molecule has 34 heavy (non-hydrogen) atoms. The maximum Gasteiger partial charge on any atom is 0.407 e. The fraction of sp³-hybridized carbons (Fsp3) is 0.423. The van der Waals surface area contributed by atoms with Crippen molar-refractivity contribution in [3.8, 4) is 11.1 Å². The molecule has 0 saturated heterocycles. The summed E-state index contributed by atoms with van der Waals surface area (Å²) in [5.41, 5.74) is 4.50. The van der Waals surface area contributed by atoms with Crippen LogP contribution in [0.2, 0.25) is 0 Å². The molecule has 180 valence electrons. The third-order valence-corrected chi connectivity index (χ3v) is 6.69. The van der Waals surface area contributed by atoms with Crippen molar-refractivity contribution in [1.29, 1.82) is 0 Å². The third kappa shape index (κ3) is 5.22. The Hall–Kier alpha value is -3.39. The van der Waals surface area contributed by atoms with Gasteiger partial charge in [0.1, 0.15) is 12.6 Å². The minimum atomic E-state index is -0.843. The lowest BCUT2D eigenvalue weighted by Gasteiger charge is -2.21. The smallest absolute Gasteiger partial charge is 0.407 e. The minimum Gasteiger partial charge on any atom is -0.481 e. The van der Waals surface area contributed by atoms with Gasteiger partial charge in [-0.15, -0.1) is 0 Å². The Kier molecular flexibility index (Phi) is 7.47. The number of ether oxygens (including phenoxy) is 2. The van der Waals surface area contributed by atoms with Crippen LogP contribution in [0, 0.1) is 5.92 Å². The summed E-state index contributed by atoms with van der Waals surface area (Å²) in [6.45, 7) is 0.436. The highest BCUT2D eigenvalue weighted by Gasteiger charge is 2.33. The Morgan fingerprint density at radius 2 is 1.68 bits per heavy atom. The van der Waals surface area contributed by atoms with Gasteiger partial charge in [0.2, 0.25) is 5.91 Å². The number of carbonyl (C=O) groups is 3. The van der Waals surface area contributed by atoms with Crippen LogP contribution in [0.15, 0.2) is 48.5 Å². The Balaban J connectivity index is 1.36. The molecule has 2 aromatic carbocycles. The molecule has 3 N–H and O–H groups in total. The first-order valence-corrected chi connectivity index (χ1v) is 11.6. The van der Waals surface area contributed by atoms with Crippen LogP contribution in [0.25, 0.3) is 11.1 Å². The molecule has 8 nitrogen and oxygen atoms in total. The number of fused-ring (bicyclic) bond motifs is 3. The Labute approximate surface area is 198 Å². The zero-order valence-corrected chi connectivity index (χ0v) is 19.2. The maximum absolute atomic E-state index is 12.8. The van der Waals surface area contributed by atoms with E-state index in [0.717, 1.165) is 22.3 Å². The first kappa shape index (κ1) is 23.8. The summed E-state index contributed by atoms with van der Waals surface area (Å²) < 4.78 is 10.7. The molecule has 3 unspecified atom stereocenters. The van der Waals surface area contributed by atoms with E-state index in [0.29, 0.717) is 19.3 Å². The molecule has 0 aliphatic heterocycles. The molecule has 1 saturated carbocycles. The quantitative estimate of drug-likeness (QED) is 0.523. The van der Waals surface area contributed by atoms with Crippen molar-refractivity contribution < 1.29 is 29.0 Å². The predicted molar refractivity (Wildman–Crippen MR) is 125 cm³/mol. The van der Waals surface area contributed by atoms with Gasteiger partial charge in [0.15, 0.2) is 0 Å². The molecule has 0 heterocycles. The summed E-state index contributed by atoms with van der Waals surface area (Å²) in [5, 5.41) is 14.7. The van der Waals surface area contributed by atoms with E-state index >= 15 is 0 Å². The molecule has 0 radical (unpaired) electrons. The second kappa shape index (κ2) is 10.7. The van der Waals surface area contributed by atoms with Crippen molar-refractivity contribution in [1.82, 2.24) is 10.6 Å². The van der Waals surface area contributed by atoms with Crippen molar-refractivity contribution in [2.45, 2.75) is 43.7 Å². The van der Waals surface area contributed by atoms with E-state index in [-0.39, 0.29) is 37.5 Å². The average Bonchev–Trinajstić information content (AvgIpc) is 3.43. The van der Waals surface area contributed by atoms with Gasteiger partial charge in [-0.25, -0.2) is 4.79 Å². The molecule has 0 aromatic heterocycles. The lowest BCUT2D eigenvalue weighted by Crippen LogP contribution is -2.50. The highest BCUT2D eigenvalue weighted by Crippen LogP contribution is 2.44. The van der Waals surface area contributed by atoms with E-state index in [1.807, 2.05) is 36.4 Å². The van der Waals surface area contributed by atoms with E-state index in [1.165, 1.54) is 7.11 Å². The second-order valence-electron chi connectivity index (χ2n) is 8.86. The minimum absolute atomic E-state index is 0.0733. The monoisotopic (exact) mass is 466 g/mol. The Morgan fingerprint density at radius 1 is 1.03 bits per heavy atom. The normalized spacial score (nSPS) is 19.7. The summed E-state index contributed by atoms with van der Waals surface area (Å²) in [6.07, 6.45) is 1.13. The highest BCUT2D eigenvalue weighted by molar-refractivity contribution is 5.86. The number of hydrogen-bond donors (Lipinski definition) is 3. The number of rotatable bonds is 9. The van der Waals surface area contributed by atoms with Gasteiger partial charge in [0.05, 0.1) is 5.92 Å². The number of benzene rings is 2. The topological polar surface area (TPSA) is 114 Å². The molecular formula is C26H30N2O6. The molecule has 2 amide bonds. The van der Waals surface area contributed by atoms with Gasteiger partial charge < -0.3 is 25.2 Å². The first-order chi connectivity index (χ1) is 16.5. The molecule has 1 fully saturated rings. The van der Waals surface area contributed by atoms with Crippen LogP contribution in [0.1, 0.15) is 42.7 Å². The SMILES string of the molecule is COCCC(NC(=O)OCC1c2ccccc2-c2ccccc21)C(=O)NC1CCC(C(=O)O)C1. The Bertz CT molecular complexity index is 1010. The van der Waals surface area contributed by atoms with Crippen molar-refractivity contribution in [2.75, 3.05) is 20.3 Å². The lowest BCUT2D eigenvalue weighted by atomic mass is 9.98. The van der Waals surface area contributed by atoms with Crippen LogP contribution in [0.5, 0.6) is 0 Å². The highest BCUT2D eigenvalue weighted by atomic mass is 16.5. The number of nitrogens with one attached hydrogen (secondary N) is 2. The van der Waals surface area contributed by atoms with Crippen LogP contribution >= 0.6 is 0 Å². The van der Waals surface area contributed by atoms with E-state index in [9.17, 15) is 19.5 Å². The molecule has 4 rings (SSSR count). The van der Waals surface area contributed by atoms with E-state index < -0.39 is 24.0 Å². The zero-order valence-electron chi connectivity index (χ0n) is 19.2. The van der Waals surface area contributed by atoms with Crippen molar-refractivity contribution >= 4 is 18.0 Å². The molecule has 0 spiro atoms. The molecule has 2 aliphatic rings. The number of alkyl carbamates (subject to hydrolysis) is 1. The van der Waals surface area contributed by atoms with Gasteiger partial charge in [-0.2, -0.15) is 0 Å². The third-order valence-electron chi connectivity index (χ3n) is 6.69. The van der Waals surface area contributed by atoms with E-state index in [4.69, 9.17) is 9.47 Å². The van der Waals surface area contributed by atoms with Gasteiger partial charge in [0.25, 0.3) is 0 Å². The predicted octanol–water partition coefficient (Wildman–Crippen LogP) is 3.30. The first-order valence-electron chi connectivity index (χ1n) is 11.6. The summed E-state index contributed by atoms with van der Waals surface area (Å²) in [5.74, 6) is -1.72. The molecule has 3 atom stereocenters. The van der Waals surface area contributed by atoms with Crippen LogP contribution in [0.4, 0.5) is 4.79 Å². The van der Waals surface area contributed by atoms with Gasteiger partial charge in [0, 0.05) is 32.1 Å². The van der Waals surface area contributed by atoms with Crippen molar-refractivity contribution in [3.05, 3.63) is 59.7 Å². The van der Waals surface area contributed by atoms with Gasteiger partial charge in [-0.05, 0) is 41.5 Å². The van der Waals surface area contributed by atoms with Gasteiger partial charge >= 0.3 is 12.1 Å². The van der Waals surface area contributed by atoms with Crippen molar-refractivity contribution in [2.24, 2.45) is 5.92 Å². The summed E-state index contributed by atoms with van der Waals surface area (Å²) in [4.78, 5) is 36.7. The standard InChI is InChI=1S/C26H30N2O6/c1-33-13-12-23(24(29)27-17-11-10-16(14-17)25(30)31)28-26(32)34-15-22-20-8-4-2-6-18(20)19-7-3-5-9-21(19)22/h2-9,16-17,22-23H,10-15H2,1H3,(H,27,29)(H,28,32)(H,30,31). The molecule has 0 bridgehead atoms. The summed E-state index contributed by atoms with van der Waals surface area (Å²) in [7, 11) is 1.52. The molecule has 8 heteroatoms. The van der Waals surface area contributed by atoms with E-state index in [1.54, 1.807) is 0 Å². The molecule has 2 aromatic rings. The fourth-order valence-electron chi connectivity index (χ4n) is 4.93. The number of aliphatic carboxylic acids is 1. The largest absolute Gasteiger partial charge is 0.481 e. The zero-order chi connectivity index (χ0) is 24.1. The number of hydrogen-bond acceptors (Lipinski definition) is 5. The molecular weight excluding hydrogens is 436 g/mol. The number of amides is 2. The number of carboxylic acid groups (broad SMARTS) is 1. The summed E-state index contributed by atoms with van der Waals surface area (Å²) >= 11 is 0. The van der Waals surface area contributed by atoms with Gasteiger partial charge in [-0.3, -0.25) is 9.59 Å².